The van der Waals surface area contributed by atoms with Crippen molar-refractivity contribution >= 4 is 18.5 Å². The highest BCUT2D eigenvalue weighted by atomic mass is 16.5. The zero-order valence-corrected chi connectivity index (χ0v) is 7.79. The lowest BCUT2D eigenvalue weighted by molar-refractivity contribution is 0.396. The average Bonchev–Trinajstić information content (AvgIpc) is 2.49. The van der Waals surface area contributed by atoms with Gasteiger partial charge in [-0.3, -0.25) is 4.99 Å². The molecule has 0 radical (unpaired) electrons. The summed E-state index contributed by atoms with van der Waals surface area (Å²) in [4.78, 5) is 3.72. The number of rotatable bonds is 2. The van der Waals surface area contributed by atoms with Gasteiger partial charge in [-0.2, -0.15) is 0 Å². The molecule has 0 fully saturated rings. The van der Waals surface area contributed by atoms with E-state index in [2.05, 4.69) is 23.4 Å². The first-order valence-corrected chi connectivity index (χ1v) is 3.85. The van der Waals surface area contributed by atoms with E-state index in [0.29, 0.717) is 17.1 Å². The number of hydrogen-bond donors (Lipinski definition) is 0. The first-order valence-electron chi connectivity index (χ1n) is 3.85. The van der Waals surface area contributed by atoms with Crippen molar-refractivity contribution in [3.63, 3.8) is 0 Å². The van der Waals surface area contributed by atoms with E-state index in [9.17, 15) is 0 Å². The standard InChI is InChI=1S/C7H8N2O.C2H6/c1-4-6-7(8-3)5(2)10-9-6;1-2/h4H,1,3H2,2H3;1-2H3. The molecule has 3 nitrogen and oxygen atoms in total. The van der Waals surface area contributed by atoms with Crippen LogP contribution in [0.3, 0.4) is 0 Å². The Morgan fingerprint density at radius 1 is 1.50 bits per heavy atom. The highest BCUT2D eigenvalue weighted by Gasteiger charge is 2.06. The summed E-state index contributed by atoms with van der Waals surface area (Å²) in [6.45, 7) is 12.7. The van der Waals surface area contributed by atoms with Gasteiger partial charge in [0.1, 0.15) is 11.4 Å². The average molecular weight is 166 g/mol. The number of aromatic nitrogens is 1. The maximum atomic E-state index is 4.82. The summed E-state index contributed by atoms with van der Waals surface area (Å²) < 4.78 is 4.82. The molecule has 0 saturated carbocycles. The number of hydrogen-bond acceptors (Lipinski definition) is 3. The molecule has 0 saturated heterocycles. The van der Waals surface area contributed by atoms with Gasteiger partial charge in [0.05, 0.1) is 0 Å². The Morgan fingerprint density at radius 2 is 2.08 bits per heavy atom. The third kappa shape index (κ3) is 2.05. The smallest absolute Gasteiger partial charge is 0.159 e. The molecule has 0 aromatic carbocycles. The van der Waals surface area contributed by atoms with Gasteiger partial charge in [0.15, 0.2) is 5.76 Å². The van der Waals surface area contributed by atoms with Gasteiger partial charge in [0.2, 0.25) is 0 Å². The van der Waals surface area contributed by atoms with Crippen LogP contribution in [0.25, 0.3) is 6.08 Å². The van der Waals surface area contributed by atoms with Crippen LogP contribution in [0.1, 0.15) is 25.3 Å². The summed E-state index contributed by atoms with van der Waals surface area (Å²) in [5.74, 6) is 0.671. The summed E-state index contributed by atoms with van der Waals surface area (Å²) in [6.07, 6.45) is 1.58. The van der Waals surface area contributed by atoms with Gasteiger partial charge in [-0.05, 0) is 19.7 Å². The van der Waals surface area contributed by atoms with E-state index in [0.717, 1.165) is 0 Å². The van der Waals surface area contributed by atoms with Crippen molar-refractivity contribution in [2.24, 2.45) is 4.99 Å². The van der Waals surface area contributed by atoms with Crippen LogP contribution in [0.15, 0.2) is 16.1 Å². The number of aliphatic imine (C=N–C) groups is 1. The first kappa shape index (κ1) is 10.6. The minimum atomic E-state index is 0.646. The van der Waals surface area contributed by atoms with Gasteiger partial charge < -0.3 is 4.52 Å². The van der Waals surface area contributed by atoms with Crippen molar-refractivity contribution in [3.8, 4) is 0 Å². The van der Waals surface area contributed by atoms with Crippen LogP contribution < -0.4 is 0 Å². The first-order chi connectivity index (χ1) is 5.79. The van der Waals surface area contributed by atoms with Crippen molar-refractivity contribution in [2.45, 2.75) is 20.8 Å². The Kier molecular flexibility index (Phi) is 4.69. The van der Waals surface area contributed by atoms with E-state index >= 15 is 0 Å². The third-order valence-corrected chi connectivity index (χ3v) is 1.21. The van der Waals surface area contributed by atoms with E-state index < -0.39 is 0 Å². The fraction of sp³-hybridized carbons (Fsp3) is 0.333. The molecule has 0 atom stereocenters. The minimum absolute atomic E-state index is 0.646. The van der Waals surface area contributed by atoms with Crippen molar-refractivity contribution in [1.82, 2.24) is 5.16 Å². The molecule has 0 spiro atoms. The van der Waals surface area contributed by atoms with Gasteiger partial charge in [-0.15, -0.1) is 0 Å². The highest BCUT2D eigenvalue weighted by molar-refractivity contribution is 5.62. The Morgan fingerprint density at radius 3 is 2.42 bits per heavy atom. The summed E-state index contributed by atoms with van der Waals surface area (Å²) in [6, 6.07) is 0. The number of aryl methyl sites for hydroxylation is 1. The van der Waals surface area contributed by atoms with Crippen molar-refractivity contribution in [1.29, 1.82) is 0 Å². The van der Waals surface area contributed by atoms with Crippen LogP contribution in [0.4, 0.5) is 5.69 Å². The zero-order valence-electron chi connectivity index (χ0n) is 7.79. The summed E-state index contributed by atoms with van der Waals surface area (Å²) in [5, 5.41) is 3.68. The minimum Gasteiger partial charge on any atom is -0.359 e. The molecule has 0 unspecified atom stereocenters. The molecular formula is C9H14N2O. The topological polar surface area (TPSA) is 38.4 Å². The molecule has 0 aliphatic rings. The predicted molar refractivity (Wildman–Crippen MR) is 51.9 cm³/mol. The van der Waals surface area contributed by atoms with Crippen molar-refractivity contribution in [2.75, 3.05) is 0 Å². The molecular weight excluding hydrogens is 152 g/mol. The van der Waals surface area contributed by atoms with Crippen LogP contribution in [-0.4, -0.2) is 11.9 Å². The molecule has 1 aromatic heterocycles. The molecule has 0 N–H and O–H groups in total. The molecule has 3 heteroatoms. The summed E-state index contributed by atoms with van der Waals surface area (Å²) in [7, 11) is 0. The summed E-state index contributed by atoms with van der Waals surface area (Å²) >= 11 is 0. The van der Waals surface area contributed by atoms with Gasteiger partial charge in [0.25, 0.3) is 0 Å². The molecule has 1 aromatic rings. The van der Waals surface area contributed by atoms with Crippen LogP contribution in [0.5, 0.6) is 0 Å². The molecule has 0 aliphatic heterocycles. The second-order valence-electron chi connectivity index (χ2n) is 1.83. The Labute approximate surface area is 72.8 Å². The molecule has 1 rings (SSSR count). The van der Waals surface area contributed by atoms with E-state index in [1.165, 1.54) is 0 Å². The Bertz CT molecular complexity index is 263. The van der Waals surface area contributed by atoms with Gasteiger partial charge in [-0.25, -0.2) is 0 Å². The second kappa shape index (κ2) is 5.29. The van der Waals surface area contributed by atoms with Crippen LogP contribution in [0, 0.1) is 6.92 Å². The van der Waals surface area contributed by atoms with Crippen LogP contribution in [0.2, 0.25) is 0 Å². The molecule has 0 bridgehead atoms. The van der Waals surface area contributed by atoms with E-state index in [1.54, 1.807) is 13.0 Å². The Hall–Kier alpha value is -1.38. The molecule has 12 heavy (non-hydrogen) atoms. The largest absolute Gasteiger partial charge is 0.359 e. The van der Waals surface area contributed by atoms with Crippen molar-refractivity contribution in [3.05, 3.63) is 18.0 Å². The lowest BCUT2D eigenvalue weighted by Crippen LogP contribution is -1.67. The van der Waals surface area contributed by atoms with Gasteiger partial charge in [0, 0.05) is 0 Å². The fourth-order valence-corrected chi connectivity index (χ4v) is 0.711. The maximum Gasteiger partial charge on any atom is 0.159 e. The fourth-order valence-electron chi connectivity index (χ4n) is 0.711. The summed E-state index contributed by atoms with van der Waals surface area (Å²) in [5.41, 5.74) is 1.32. The Balaban J connectivity index is 0.000000561. The lowest BCUT2D eigenvalue weighted by Gasteiger charge is -1.84. The van der Waals surface area contributed by atoms with Gasteiger partial charge in [-0.1, -0.05) is 25.6 Å². The van der Waals surface area contributed by atoms with E-state index in [4.69, 9.17) is 4.52 Å². The SMILES string of the molecule is C=Cc1noc(C)c1N=C.CC. The number of nitrogens with zero attached hydrogens (tertiary/aromatic N) is 2. The molecule has 1 heterocycles. The van der Waals surface area contributed by atoms with E-state index in [-0.39, 0.29) is 0 Å². The zero-order chi connectivity index (χ0) is 9.56. The van der Waals surface area contributed by atoms with Gasteiger partial charge >= 0.3 is 0 Å². The molecule has 0 aliphatic carbocycles. The van der Waals surface area contributed by atoms with Crippen molar-refractivity contribution < 1.29 is 4.52 Å². The van der Waals surface area contributed by atoms with Crippen LogP contribution in [-0.2, 0) is 0 Å². The second-order valence-corrected chi connectivity index (χ2v) is 1.83. The molecule has 0 amide bonds. The highest BCUT2D eigenvalue weighted by Crippen LogP contribution is 2.22. The third-order valence-electron chi connectivity index (χ3n) is 1.21. The quantitative estimate of drug-likeness (QED) is 0.633. The van der Waals surface area contributed by atoms with E-state index in [1.807, 2.05) is 13.8 Å². The molecule has 66 valence electrons. The predicted octanol–water partition coefficient (Wildman–Crippen LogP) is 2.98. The normalized spacial score (nSPS) is 8.25. The monoisotopic (exact) mass is 166 g/mol. The maximum absolute atomic E-state index is 4.82. The van der Waals surface area contributed by atoms with Crippen LogP contribution >= 0.6 is 0 Å². The lowest BCUT2D eigenvalue weighted by atomic mass is 10.3.